The molecule has 1 radical (unpaired) electrons. The third-order valence-corrected chi connectivity index (χ3v) is 4.52. The van der Waals surface area contributed by atoms with Crippen LogP contribution in [0.5, 0.6) is 0 Å². The second-order valence-corrected chi connectivity index (χ2v) is 6.33. The van der Waals surface area contributed by atoms with Crippen LogP contribution in [-0.2, 0) is 42.2 Å². The average molecular weight is 415 g/mol. The smallest absolute Gasteiger partial charge is 0.414 e. The van der Waals surface area contributed by atoms with Gasteiger partial charge in [-0.25, -0.2) is 34.0 Å². The van der Waals surface area contributed by atoms with E-state index in [4.69, 9.17) is 4.74 Å². The summed E-state index contributed by atoms with van der Waals surface area (Å²) in [6.07, 6.45) is 2.41. The molecule has 1 saturated heterocycles. The van der Waals surface area contributed by atoms with Crippen LogP contribution in [0.3, 0.4) is 0 Å². The molecule has 0 aromatic heterocycles. The Balaban J connectivity index is 0.00000225. The fraction of sp³-hybridized carbons (Fsp3) is 0.368. The fourth-order valence-corrected chi connectivity index (χ4v) is 3.24. The molecule has 1 aliphatic carbocycles. The van der Waals surface area contributed by atoms with Gasteiger partial charge in [0.25, 0.3) is 0 Å². The van der Waals surface area contributed by atoms with Crippen LogP contribution in [0, 0.1) is 13.8 Å². The first kappa shape index (κ1) is 19.9. The fourth-order valence-electron chi connectivity index (χ4n) is 3.24. The number of amides is 2. The summed E-state index contributed by atoms with van der Waals surface area (Å²) < 4.78 is 5.33. The molecule has 1 fully saturated rings. The van der Waals surface area contributed by atoms with Gasteiger partial charge >= 0.3 is 6.09 Å². The van der Waals surface area contributed by atoms with Crippen molar-refractivity contribution >= 4 is 23.3 Å². The minimum Gasteiger partial charge on any atom is -0.442 e. The van der Waals surface area contributed by atoms with Crippen molar-refractivity contribution in [3.63, 3.8) is 0 Å². The molecule has 3 rings (SSSR count). The van der Waals surface area contributed by atoms with Gasteiger partial charge in [0.1, 0.15) is 6.10 Å². The number of allylic oxidation sites excluding steroid dienone is 2. The number of ether oxygens (including phenoxy) is 1. The SMILES string of the molecule is [CH2-]C1=C(c2cc(N3C[C@H](CNC(C)=O)OC3=O)ccc2[CH2-])CCC1.[Y]. The van der Waals surface area contributed by atoms with Crippen molar-refractivity contribution < 1.29 is 47.0 Å². The van der Waals surface area contributed by atoms with Gasteiger partial charge in [0.2, 0.25) is 5.91 Å². The number of cyclic esters (lactones) is 1. The van der Waals surface area contributed by atoms with Crippen molar-refractivity contribution in [2.45, 2.75) is 32.3 Å². The molecule has 2 amide bonds. The first-order valence-electron chi connectivity index (χ1n) is 8.18. The Morgan fingerprint density at radius 1 is 1.36 bits per heavy atom. The van der Waals surface area contributed by atoms with Crippen molar-refractivity contribution in [2.75, 3.05) is 18.0 Å². The van der Waals surface area contributed by atoms with Crippen LogP contribution in [0.15, 0.2) is 23.8 Å². The average Bonchev–Trinajstić information content (AvgIpc) is 3.12. The molecule has 1 aromatic carbocycles. The summed E-state index contributed by atoms with van der Waals surface area (Å²) in [6.45, 7) is 10.4. The number of rotatable bonds is 4. The van der Waals surface area contributed by atoms with E-state index in [2.05, 4.69) is 19.2 Å². The van der Waals surface area contributed by atoms with Crippen LogP contribution in [-0.4, -0.2) is 31.2 Å². The Kier molecular flexibility index (Phi) is 6.58. The molecule has 1 atom stereocenters. The molecule has 2 aliphatic rings. The third-order valence-electron chi connectivity index (χ3n) is 4.52. The van der Waals surface area contributed by atoms with E-state index < -0.39 is 0 Å². The van der Waals surface area contributed by atoms with Gasteiger partial charge in [0, 0.05) is 45.3 Å². The first-order chi connectivity index (χ1) is 11.5. The van der Waals surface area contributed by atoms with Gasteiger partial charge in [-0.05, 0) is 0 Å². The predicted octanol–water partition coefficient (Wildman–Crippen LogP) is 3.10. The Hall–Kier alpha value is -1.46. The minimum absolute atomic E-state index is 0. The van der Waals surface area contributed by atoms with Gasteiger partial charge in [0.05, 0.1) is 13.1 Å². The number of carbonyl (C=O) groups excluding carboxylic acids is 2. The summed E-state index contributed by atoms with van der Waals surface area (Å²) in [5.74, 6) is -0.135. The van der Waals surface area contributed by atoms with E-state index in [1.807, 2.05) is 18.2 Å². The summed E-state index contributed by atoms with van der Waals surface area (Å²) in [4.78, 5) is 24.8. The number of benzene rings is 1. The summed E-state index contributed by atoms with van der Waals surface area (Å²) in [5.41, 5.74) is 5.20. The molecule has 1 aromatic rings. The summed E-state index contributed by atoms with van der Waals surface area (Å²) in [6, 6.07) is 5.81. The molecule has 1 heterocycles. The van der Waals surface area contributed by atoms with Crippen molar-refractivity contribution in [2.24, 2.45) is 0 Å². The number of nitrogens with zero attached hydrogens (tertiary/aromatic N) is 1. The van der Waals surface area contributed by atoms with Gasteiger partial charge in [-0.3, -0.25) is 9.69 Å². The maximum atomic E-state index is 12.2. The first-order valence-corrected chi connectivity index (χ1v) is 8.18. The van der Waals surface area contributed by atoms with E-state index >= 15 is 0 Å². The number of hydrogen-bond acceptors (Lipinski definition) is 3. The van der Waals surface area contributed by atoms with Gasteiger partial charge < -0.3 is 10.1 Å². The molecular formula is C19H22N2O3Y-2. The van der Waals surface area contributed by atoms with E-state index in [0.29, 0.717) is 13.1 Å². The van der Waals surface area contributed by atoms with Gasteiger partial charge in [-0.2, -0.15) is 13.0 Å². The molecular weight excluding hydrogens is 393 g/mol. The Bertz CT molecular complexity index is 715. The van der Waals surface area contributed by atoms with Crippen LogP contribution in [0.2, 0.25) is 0 Å². The zero-order chi connectivity index (χ0) is 17.3. The van der Waals surface area contributed by atoms with Crippen LogP contribution in [0.1, 0.15) is 37.3 Å². The van der Waals surface area contributed by atoms with Gasteiger partial charge in [-0.15, -0.1) is 12.5 Å². The van der Waals surface area contributed by atoms with Crippen LogP contribution in [0.4, 0.5) is 10.5 Å². The Morgan fingerprint density at radius 2 is 2.12 bits per heavy atom. The second kappa shape index (κ2) is 8.28. The Labute approximate surface area is 174 Å². The molecule has 0 spiro atoms. The summed E-state index contributed by atoms with van der Waals surface area (Å²) in [7, 11) is 0. The number of nitrogens with one attached hydrogen (secondary N) is 1. The standard InChI is InChI=1S/C19H22N2O3.Y/c1-12-5-4-6-17(12)18-9-15(8-7-13(18)2)21-11-16(24-19(21)23)10-20-14(3)22;/h7-9,16H,1-2,4-6,10-11H2,3H3,(H,20,22);/q-2;/t16-;/m0./s1. The normalized spacial score (nSPS) is 19.6. The number of carbonyl (C=O) groups is 2. The monoisotopic (exact) mass is 415 g/mol. The number of anilines is 1. The third kappa shape index (κ3) is 4.39. The van der Waals surface area contributed by atoms with Crippen molar-refractivity contribution in [1.82, 2.24) is 5.32 Å². The zero-order valence-electron chi connectivity index (χ0n) is 14.5. The van der Waals surface area contributed by atoms with Crippen LogP contribution in [0.25, 0.3) is 5.57 Å². The second-order valence-electron chi connectivity index (χ2n) is 6.33. The van der Waals surface area contributed by atoms with E-state index in [0.717, 1.165) is 41.6 Å². The molecule has 0 bridgehead atoms. The predicted molar refractivity (Wildman–Crippen MR) is 93.3 cm³/mol. The molecule has 5 nitrogen and oxygen atoms in total. The topological polar surface area (TPSA) is 58.6 Å². The van der Waals surface area contributed by atoms with E-state index in [9.17, 15) is 9.59 Å². The molecule has 6 heteroatoms. The molecule has 25 heavy (non-hydrogen) atoms. The van der Waals surface area contributed by atoms with Crippen molar-refractivity contribution in [3.8, 4) is 0 Å². The van der Waals surface area contributed by atoms with E-state index in [1.165, 1.54) is 12.5 Å². The van der Waals surface area contributed by atoms with Gasteiger partial charge in [0.15, 0.2) is 0 Å². The maximum absolute atomic E-state index is 12.2. The summed E-state index contributed by atoms with van der Waals surface area (Å²) in [5, 5.41) is 2.68. The van der Waals surface area contributed by atoms with E-state index in [1.54, 1.807) is 4.90 Å². The number of hydrogen-bond donors (Lipinski definition) is 1. The van der Waals surface area contributed by atoms with E-state index in [-0.39, 0.29) is 50.8 Å². The zero-order valence-corrected chi connectivity index (χ0v) is 17.3. The minimum atomic E-state index is -0.386. The molecule has 131 valence electrons. The largest absolute Gasteiger partial charge is 0.442 e. The molecule has 0 unspecified atom stereocenters. The quantitative estimate of drug-likeness (QED) is 0.769. The van der Waals surface area contributed by atoms with Gasteiger partial charge in [-0.1, -0.05) is 18.9 Å². The van der Waals surface area contributed by atoms with Crippen LogP contribution < -0.4 is 10.2 Å². The van der Waals surface area contributed by atoms with Crippen molar-refractivity contribution in [3.05, 3.63) is 48.7 Å². The molecule has 1 aliphatic heterocycles. The maximum Gasteiger partial charge on any atom is 0.414 e. The molecule has 0 saturated carbocycles. The van der Waals surface area contributed by atoms with Crippen LogP contribution >= 0.6 is 0 Å². The Morgan fingerprint density at radius 3 is 2.76 bits per heavy atom. The summed E-state index contributed by atoms with van der Waals surface area (Å²) >= 11 is 0. The van der Waals surface area contributed by atoms with Crippen molar-refractivity contribution in [1.29, 1.82) is 0 Å². The molecule has 1 N–H and O–H groups in total.